The number of aromatic nitrogens is 2. The molecular weight excluding hydrogens is 170 g/mol. The number of hydrogen-bond acceptors (Lipinski definition) is 5. The third kappa shape index (κ3) is 3.52. The van der Waals surface area contributed by atoms with Gasteiger partial charge in [-0.3, -0.25) is 0 Å². The second-order valence-corrected chi connectivity index (χ2v) is 2.90. The first-order valence-electron chi connectivity index (χ1n) is 4.44. The van der Waals surface area contributed by atoms with Gasteiger partial charge in [-0.15, -0.1) is 0 Å². The maximum atomic E-state index is 8.53. The highest BCUT2D eigenvalue weighted by molar-refractivity contribution is 5.03. The lowest BCUT2D eigenvalue weighted by Crippen LogP contribution is -2.15. The Balaban J connectivity index is 2.10. The third-order valence-electron chi connectivity index (χ3n) is 1.80. The van der Waals surface area contributed by atoms with Gasteiger partial charge in [0.1, 0.15) is 11.4 Å². The molecule has 0 unspecified atom stereocenters. The molecule has 0 fully saturated rings. The summed E-state index contributed by atoms with van der Waals surface area (Å²) in [7, 11) is 0. The molecule has 1 rings (SSSR count). The van der Waals surface area contributed by atoms with Crippen molar-refractivity contribution in [3.05, 3.63) is 11.4 Å². The maximum Gasteiger partial charge on any atom is 0.121 e. The number of hydrogen-bond donors (Lipinski definition) is 2. The van der Waals surface area contributed by atoms with Crippen LogP contribution < -0.4 is 5.32 Å². The minimum atomic E-state index is 0.256. The molecule has 1 heterocycles. The fourth-order valence-electron chi connectivity index (χ4n) is 0.978. The lowest BCUT2D eigenvalue weighted by molar-refractivity contribution is 0.283. The van der Waals surface area contributed by atoms with E-state index in [1.807, 2.05) is 6.92 Å². The average Bonchev–Trinajstić information content (AvgIpc) is 2.52. The first-order chi connectivity index (χ1) is 6.34. The number of nitrogens with zero attached hydrogens (tertiary/aromatic N) is 2. The van der Waals surface area contributed by atoms with Gasteiger partial charge < -0.3 is 10.4 Å². The zero-order valence-electron chi connectivity index (χ0n) is 7.79. The van der Waals surface area contributed by atoms with Gasteiger partial charge in [-0.05, 0) is 26.3 Å². The molecule has 0 aromatic carbocycles. The summed E-state index contributed by atoms with van der Waals surface area (Å²) in [6.45, 7) is 3.68. The molecule has 1 aromatic heterocycles. The molecular formula is C8H15N3O2. The van der Waals surface area contributed by atoms with E-state index in [9.17, 15) is 0 Å². The van der Waals surface area contributed by atoms with Crippen LogP contribution in [0.1, 0.15) is 24.2 Å². The topological polar surface area (TPSA) is 71.2 Å². The SMILES string of the molecule is Cc1nonc1CNCCCCO. The van der Waals surface area contributed by atoms with Crippen molar-refractivity contribution >= 4 is 0 Å². The summed E-state index contributed by atoms with van der Waals surface area (Å²) in [5.41, 5.74) is 1.68. The zero-order chi connectivity index (χ0) is 9.52. The first kappa shape index (κ1) is 10.1. The van der Waals surface area contributed by atoms with E-state index in [0.717, 1.165) is 30.8 Å². The van der Waals surface area contributed by atoms with E-state index in [1.54, 1.807) is 0 Å². The molecule has 0 amide bonds. The van der Waals surface area contributed by atoms with Gasteiger partial charge in [-0.2, -0.15) is 0 Å². The average molecular weight is 185 g/mol. The Morgan fingerprint density at radius 1 is 1.38 bits per heavy atom. The molecule has 13 heavy (non-hydrogen) atoms. The minimum Gasteiger partial charge on any atom is -0.396 e. The quantitative estimate of drug-likeness (QED) is 0.621. The number of nitrogens with one attached hydrogen (secondary N) is 1. The van der Waals surface area contributed by atoms with Crippen LogP contribution in [-0.4, -0.2) is 28.6 Å². The number of aryl methyl sites for hydroxylation is 1. The molecule has 0 saturated carbocycles. The number of aliphatic hydroxyl groups excluding tert-OH is 1. The number of rotatable bonds is 6. The summed E-state index contributed by atoms with van der Waals surface area (Å²) in [4.78, 5) is 0. The van der Waals surface area contributed by atoms with E-state index in [-0.39, 0.29) is 6.61 Å². The Bertz CT molecular complexity index is 237. The predicted molar refractivity (Wildman–Crippen MR) is 47.1 cm³/mol. The van der Waals surface area contributed by atoms with Crippen molar-refractivity contribution in [2.75, 3.05) is 13.2 Å². The summed E-state index contributed by atoms with van der Waals surface area (Å²) < 4.78 is 4.54. The molecule has 0 aliphatic heterocycles. The molecule has 0 aliphatic carbocycles. The van der Waals surface area contributed by atoms with Crippen LogP contribution in [0.15, 0.2) is 4.63 Å². The van der Waals surface area contributed by atoms with E-state index in [2.05, 4.69) is 20.3 Å². The van der Waals surface area contributed by atoms with E-state index >= 15 is 0 Å². The summed E-state index contributed by atoms with van der Waals surface area (Å²) >= 11 is 0. The Morgan fingerprint density at radius 2 is 2.23 bits per heavy atom. The van der Waals surface area contributed by atoms with Gasteiger partial charge in [0, 0.05) is 13.2 Å². The minimum absolute atomic E-state index is 0.256. The normalized spacial score (nSPS) is 10.6. The lowest BCUT2D eigenvalue weighted by Gasteiger charge is -2.00. The van der Waals surface area contributed by atoms with Crippen molar-refractivity contribution in [2.24, 2.45) is 0 Å². The summed E-state index contributed by atoms with van der Waals surface area (Å²) in [6.07, 6.45) is 1.81. The standard InChI is InChI=1S/C8H15N3O2/c1-7-8(11-13-10-7)6-9-4-2-3-5-12/h9,12H,2-6H2,1H3. The lowest BCUT2D eigenvalue weighted by atomic mass is 10.3. The fraction of sp³-hybridized carbons (Fsp3) is 0.750. The number of aliphatic hydroxyl groups is 1. The summed E-state index contributed by atoms with van der Waals surface area (Å²) in [5, 5.41) is 19.1. The largest absolute Gasteiger partial charge is 0.396 e. The Morgan fingerprint density at radius 3 is 2.85 bits per heavy atom. The predicted octanol–water partition coefficient (Wildman–Crippen LogP) is 0.240. The second-order valence-electron chi connectivity index (χ2n) is 2.90. The molecule has 1 aromatic rings. The Hall–Kier alpha value is -0.940. The van der Waals surface area contributed by atoms with Crippen LogP contribution in [-0.2, 0) is 6.54 Å². The molecule has 5 heteroatoms. The Kier molecular flexibility index (Phi) is 4.42. The zero-order valence-corrected chi connectivity index (χ0v) is 7.79. The van der Waals surface area contributed by atoms with E-state index in [4.69, 9.17) is 5.11 Å². The molecule has 0 atom stereocenters. The molecule has 0 aliphatic rings. The second kappa shape index (κ2) is 5.66. The van der Waals surface area contributed by atoms with Gasteiger partial charge in [0.15, 0.2) is 0 Å². The molecule has 0 radical (unpaired) electrons. The smallest absolute Gasteiger partial charge is 0.121 e. The van der Waals surface area contributed by atoms with E-state index in [0.29, 0.717) is 6.54 Å². The van der Waals surface area contributed by atoms with Crippen LogP contribution in [0.5, 0.6) is 0 Å². The first-order valence-corrected chi connectivity index (χ1v) is 4.44. The van der Waals surface area contributed by atoms with Crippen molar-refractivity contribution < 1.29 is 9.74 Å². The van der Waals surface area contributed by atoms with Gasteiger partial charge in [-0.1, -0.05) is 10.3 Å². The van der Waals surface area contributed by atoms with Gasteiger partial charge >= 0.3 is 0 Å². The van der Waals surface area contributed by atoms with Crippen molar-refractivity contribution in [1.82, 2.24) is 15.6 Å². The highest BCUT2D eigenvalue weighted by atomic mass is 16.6. The van der Waals surface area contributed by atoms with Crippen LogP contribution in [0.3, 0.4) is 0 Å². The van der Waals surface area contributed by atoms with Crippen LogP contribution in [0.25, 0.3) is 0 Å². The van der Waals surface area contributed by atoms with Crippen molar-refractivity contribution in [2.45, 2.75) is 26.3 Å². The van der Waals surface area contributed by atoms with Crippen molar-refractivity contribution in [3.63, 3.8) is 0 Å². The molecule has 0 bridgehead atoms. The van der Waals surface area contributed by atoms with Crippen LogP contribution in [0.4, 0.5) is 0 Å². The van der Waals surface area contributed by atoms with E-state index in [1.165, 1.54) is 0 Å². The van der Waals surface area contributed by atoms with Gasteiger partial charge in [0.05, 0.1) is 0 Å². The van der Waals surface area contributed by atoms with Crippen LogP contribution >= 0.6 is 0 Å². The molecule has 5 nitrogen and oxygen atoms in total. The highest BCUT2D eigenvalue weighted by Crippen LogP contribution is 1.98. The number of unbranched alkanes of at least 4 members (excludes halogenated alkanes) is 1. The van der Waals surface area contributed by atoms with Gasteiger partial charge in [0.25, 0.3) is 0 Å². The summed E-state index contributed by atoms with van der Waals surface area (Å²) in [6, 6.07) is 0. The maximum absolute atomic E-state index is 8.53. The van der Waals surface area contributed by atoms with Crippen molar-refractivity contribution in [1.29, 1.82) is 0 Å². The van der Waals surface area contributed by atoms with E-state index < -0.39 is 0 Å². The highest BCUT2D eigenvalue weighted by Gasteiger charge is 2.02. The van der Waals surface area contributed by atoms with Gasteiger partial charge in [0.2, 0.25) is 0 Å². The Labute approximate surface area is 77.1 Å². The molecule has 2 N–H and O–H groups in total. The van der Waals surface area contributed by atoms with Gasteiger partial charge in [-0.25, -0.2) is 4.63 Å². The fourth-order valence-corrected chi connectivity index (χ4v) is 0.978. The monoisotopic (exact) mass is 185 g/mol. The molecule has 0 saturated heterocycles. The summed E-state index contributed by atoms with van der Waals surface area (Å²) in [5.74, 6) is 0. The molecule has 0 spiro atoms. The van der Waals surface area contributed by atoms with Crippen molar-refractivity contribution in [3.8, 4) is 0 Å². The third-order valence-corrected chi connectivity index (χ3v) is 1.80. The van der Waals surface area contributed by atoms with Crippen LogP contribution in [0, 0.1) is 6.92 Å². The molecule has 74 valence electrons. The van der Waals surface area contributed by atoms with Crippen LogP contribution in [0.2, 0.25) is 0 Å².